The van der Waals surface area contributed by atoms with E-state index in [2.05, 4.69) is 11.8 Å². The van der Waals surface area contributed by atoms with Crippen molar-refractivity contribution in [1.29, 1.82) is 0 Å². The Labute approximate surface area is 80.7 Å². The predicted octanol–water partition coefficient (Wildman–Crippen LogP) is 0.868. The molecule has 0 aromatic carbocycles. The molecule has 1 aliphatic heterocycles. The molecule has 0 spiro atoms. The van der Waals surface area contributed by atoms with Crippen LogP contribution in [0, 0.1) is 0 Å². The van der Waals surface area contributed by atoms with E-state index in [1.807, 2.05) is 6.92 Å². The summed E-state index contributed by atoms with van der Waals surface area (Å²) in [7, 11) is 1.74. The fourth-order valence-electron chi connectivity index (χ4n) is 1.66. The van der Waals surface area contributed by atoms with Gasteiger partial charge in [-0.3, -0.25) is 0 Å². The Morgan fingerprint density at radius 2 is 2.00 bits per heavy atom. The SMILES string of the molecule is COC(C)CN1CCC(C)(O)CC1. The van der Waals surface area contributed by atoms with Crippen LogP contribution < -0.4 is 0 Å². The molecule has 0 aromatic rings. The van der Waals surface area contributed by atoms with E-state index in [0.717, 1.165) is 32.5 Å². The summed E-state index contributed by atoms with van der Waals surface area (Å²) in [6.45, 7) is 6.95. The minimum Gasteiger partial charge on any atom is -0.390 e. The predicted molar refractivity (Wildman–Crippen MR) is 52.8 cm³/mol. The van der Waals surface area contributed by atoms with Gasteiger partial charge in [-0.25, -0.2) is 0 Å². The first-order chi connectivity index (χ1) is 6.03. The smallest absolute Gasteiger partial charge is 0.0670 e. The molecule has 0 aromatic heterocycles. The molecule has 3 nitrogen and oxygen atoms in total. The van der Waals surface area contributed by atoms with Gasteiger partial charge in [0.25, 0.3) is 0 Å². The lowest BCUT2D eigenvalue weighted by Crippen LogP contribution is -2.44. The van der Waals surface area contributed by atoms with E-state index in [1.165, 1.54) is 0 Å². The highest BCUT2D eigenvalue weighted by Gasteiger charge is 2.27. The van der Waals surface area contributed by atoms with E-state index in [9.17, 15) is 5.11 Å². The van der Waals surface area contributed by atoms with Gasteiger partial charge in [-0.2, -0.15) is 0 Å². The van der Waals surface area contributed by atoms with Gasteiger partial charge in [-0.05, 0) is 26.7 Å². The van der Waals surface area contributed by atoms with Crippen molar-refractivity contribution in [3.8, 4) is 0 Å². The molecule has 1 N–H and O–H groups in total. The van der Waals surface area contributed by atoms with Crippen molar-refractivity contribution in [1.82, 2.24) is 4.90 Å². The van der Waals surface area contributed by atoms with Crippen LogP contribution in [-0.4, -0.2) is 48.5 Å². The van der Waals surface area contributed by atoms with E-state index >= 15 is 0 Å². The Morgan fingerprint density at radius 1 is 1.46 bits per heavy atom. The summed E-state index contributed by atoms with van der Waals surface area (Å²) in [6.07, 6.45) is 2.05. The Kier molecular flexibility index (Phi) is 3.71. The molecule has 1 unspecified atom stereocenters. The average molecular weight is 187 g/mol. The van der Waals surface area contributed by atoms with Crippen molar-refractivity contribution in [3.63, 3.8) is 0 Å². The van der Waals surface area contributed by atoms with Crippen LogP contribution in [0.2, 0.25) is 0 Å². The number of rotatable bonds is 3. The van der Waals surface area contributed by atoms with Crippen molar-refractivity contribution < 1.29 is 9.84 Å². The van der Waals surface area contributed by atoms with Gasteiger partial charge in [0.1, 0.15) is 0 Å². The highest BCUT2D eigenvalue weighted by atomic mass is 16.5. The minimum absolute atomic E-state index is 0.294. The van der Waals surface area contributed by atoms with E-state index in [4.69, 9.17) is 4.74 Å². The molecule has 0 bridgehead atoms. The van der Waals surface area contributed by atoms with Crippen LogP contribution in [0.4, 0.5) is 0 Å². The maximum atomic E-state index is 9.73. The van der Waals surface area contributed by atoms with E-state index in [-0.39, 0.29) is 0 Å². The van der Waals surface area contributed by atoms with Crippen LogP contribution in [0.3, 0.4) is 0 Å². The molecule has 1 heterocycles. The standard InChI is InChI=1S/C10H21NO2/c1-9(13-3)8-11-6-4-10(2,12)5-7-11/h9,12H,4-8H2,1-3H3. The lowest BCUT2D eigenvalue weighted by molar-refractivity contribution is -0.0186. The normalized spacial score (nSPS) is 25.8. The van der Waals surface area contributed by atoms with Crippen LogP contribution in [0.1, 0.15) is 26.7 Å². The van der Waals surface area contributed by atoms with Gasteiger partial charge in [0.2, 0.25) is 0 Å². The van der Waals surface area contributed by atoms with Crippen molar-refractivity contribution >= 4 is 0 Å². The third-order valence-electron chi connectivity index (χ3n) is 2.85. The number of ether oxygens (including phenoxy) is 1. The molecule has 0 saturated carbocycles. The van der Waals surface area contributed by atoms with Gasteiger partial charge in [-0.15, -0.1) is 0 Å². The molecule has 3 heteroatoms. The second kappa shape index (κ2) is 4.40. The maximum absolute atomic E-state index is 9.73. The molecule has 78 valence electrons. The van der Waals surface area contributed by atoms with Gasteiger partial charge >= 0.3 is 0 Å². The average Bonchev–Trinajstić information content (AvgIpc) is 2.08. The number of nitrogens with zero attached hydrogens (tertiary/aromatic N) is 1. The third kappa shape index (κ3) is 3.63. The molecule has 13 heavy (non-hydrogen) atoms. The van der Waals surface area contributed by atoms with E-state index in [0.29, 0.717) is 6.10 Å². The van der Waals surface area contributed by atoms with E-state index in [1.54, 1.807) is 7.11 Å². The van der Waals surface area contributed by atoms with E-state index < -0.39 is 5.60 Å². The first kappa shape index (κ1) is 11.0. The molecule has 1 fully saturated rings. The molecule has 0 amide bonds. The molecule has 0 aliphatic carbocycles. The molecular formula is C10H21NO2. The molecule has 1 saturated heterocycles. The minimum atomic E-state index is -0.438. The first-order valence-electron chi connectivity index (χ1n) is 5.01. The summed E-state index contributed by atoms with van der Waals surface area (Å²) in [5.41, 5.74) is -0.438. The monoisotopic (exact) mass is 187 g/mol. The Morgan fingerprint density at radius 3 is 2.46 bits per heavy atom. The Hall–Kier alpha value is -0.120. The number of piperidine rings is 1. The van der Waals surface area contributed by atoms with Crippen molar-refractivity contribution in [2.24, 2.45) is 0 Å². The fraction of sp³-hybridized carbons (Fsp3) is 1.00. The van der Waals surface area contributed by atoms with Gasteiger partial charge in [-0.1, -0.05) is 0 Å². The van der Waals surface area contributed by atoms with Crippen LogP contribution in [-0.2, 0) is 4.74 Å². The zero-order chi connectivity index (χ0) is 9.90. The summed E-state index contributed by atoms with van der Waals surface area (Å²) in [5, 5.41) is 9.73. The van der Waals surface area contributed by atoms with Crippen LogP contribution in [0.5, 0.6) is 0 Å². The molecular weight excluding hydrogens is 166 g/mol. The quantitative estimate of drug-likeness (QED) is 0.711. The van der Waals surface area contributed by atoms with Crippen molar-refractivity contribution in [2.75, 3.05) is 26.7 Å². The Bertz CT molecular complexity index is 149. The Balaban J connectivity index is 2.25. The van der Waals surface area contributed by atoms with Gasteiger partial charge < -0.3 is 14.7 Å². The lowest BCUT2D eigenvalue weighted by Gasteiger charge is -2.36. The summed E-state index contributed by atoms with van der Waals surface area (Å²) in [4.78, 5) is 2.35. The number of methoxy groups -OCH3 is 1. The molecule has 0 radical (unpaired) electrons. The number of aliphatic hydroxyl groups is 1. The number of likely N-dealkylation sites (tertiary alicyclic amines) is 1. The van der Waals surface area contributed by atoms with Crippen molar-refractivity contribution in [3.05, 3.63) is 0 Å². The fourth-order valence-corrected chi connectivity index (χ4v) is 1.66. The topological polar surface area (TPSA) is 32.7 Å². The van der Waals surface area contributed by atoms with Crippen LogP contribution in [0.25, 0.3) is 0 Å². The lowest BCUT2D eigenvalue weighted by atomic mass is 9.94. The number of hydrogen-bond donors (Lipinski definition) is 1. The molecule has 1 rings (SSSR count). The highest BCUT2D eigenvalue weighted by Crippen LogP contribution is 2.21. The largest absolute Gasteiger partial charge is 0.390 e. The number of hydrogen-bond acceptors (Lipinski definition) is 3. The first-order valence-corrected chi connectivity index (χ1v) is 5.01. The zero-order valence-corrected chi connectivity index (χ0v) is 8.92. The van der Waals surface area contributed by atoms with Gasteiger partial charge in [0, 0.05) is 26.7 Å². The van der Waals surface area contributed by atoms with Crippen molar-refractivity contribution in [2.45, 2.75) is 38.4 Å². The second-order valence-electron chi connectivity index (χ2n) is 4.34. The summed E-state index contributed by atoms with van der Waals surface area (Å²) < 4.78 is 5.20. The zero-order valence-electron chi connectivity index (χ0n) is 8.92. The summed E-state index contributed by atoms with van der Waals surface area (Å²) in [6, 6.07) is 0. The van der Waals surface area contributed by atoms with Gasteiger partial charge in [0.05, 0.1) is 11.7 Å². The third-order valence-corrected chi connectivity index (χ3v) is 2.85. The summed E-state index contributed by atoms with van der Waals surface area (Å²) >= 11 is 0. The molecule has 1 atom stereocenters. The van der Waals surface area contributed by atoms with Gasteiger partial charge in [0.15, 0.2) is 0 Å². The maximum Gasteiger partial charge on any atom is 0.0670 e. The van der Waals surface area contributed by atoms with Crippen LogP contribution in [0.15, 0.2) is 0 Å². The molecule has 1 aliphatic rings. The second-order valence-corrected chi connectivity index (χ2v) is 4.34. The summed E-state index contributed by atoms with van der Waals surface area (Å²) in [5.74, 6) is 0. The van der Waals surface area contributed by atoms with Crippen LogP contribution >= 0.6 is 0 Å². The highest BCUT2D eigenvalue weighted by molar-refractivity contribution is 4.82.